The van der Waals surface area contributed by atoms with Gasteiger partial charge in [-0.1, -0.05) is 18.0 Å². The van der Waals surface area contributed by atoms with Gasteiger partial charge in [0.15, 0.2) is 0 Å². The van der Waals surface area contributed by atoms with Crippen molar-refractivity contribution >= 4 is 33.9 Å². The van der Waals surface area contributed by atoms with Gasteiger partial charge >= 0.3 is 0 Å². The van der Waals surface area contributed by atoms with Gasteiger partial charge in [-0.2, -0.15) is 5.26 Å². The Morgan fingerprint density at radius 1 is 1.03 bits per heavy atom. The first-order valence-electron chi connectivity index (χ1n) is 9.99. The number of benzene rings is 2. The summed E-state index contributed by atoms with van der Waals surface area (Å²) in [5.74, 6) is 0. The van der Waals surface area contributed by atoms with Crippen LogP contribution in [0.4, 0.5) is 11.4 Å². The van der Waals surface area contributed by atoms with Gasteiger partial charge in [-0.3, -0.25) is 0 Å². The van der Waals surface area contributed by atoms with Gasteiger partial charge in [0.2, 0.25) is 0 Å². The molecule has 0 atom stereocenters. The van der Waals surface area contributed by atoms with E-state index in [4.69, 9.17) is 22.3 Å². The van der Waals surface area contributed by atoms with Crippen molar-refractivity contribution in [2.24, 2.45) is 4.99 Å². The summed E-state index contributed by atoms with van der Waals surface area (Å²) < 4.78 is 2.24. The van der Waals surface area contributed by atoms with Crippen molar-refractivity contribution in [1.29, 1.82) is 5.26 Å². The van der Waals surface area contributed by atoms with Crippen LogP contribution in [0.15, 0.2) is 53.7 Å². The van der Waals surface area contributed by atoms with E-state index in [0.29, 0.717) is 22.0 Å². The summed E-state index contributed by atoms with van der Waals surface area (Å²) in [5, 5.41) is 11.8. The average Bonchev–Trinajstić information content (AvgIpc) is 2.73. The van der Waals surface area contributed by atoms with Crippen molar-refractivity contribution in [2.45, 2.75) is 25.8 Å². The number of nitrogens with zero attached hydrogens (tertiary/aromatic N) is 4. The van der Waals surface area contributed by atoms with Crippen LogP contribution in [0.1, 0.15) is 24.8 Å². The number of halogens is 1. The molecular weight excluding hydrogens is 382 g/mol. The maximum Gasteiger partial charge on any atom is 0.0993 e. The Bertz CT molecular complexity index is 1140. The first-order valence-corrected chi connectivity index (χ1v) is 10.4. The fraction of sp³-hybridized carbons (Fsp3) is 0.304. The number of hydrogen-bond donors (Lipinski definition) is 1. The van der Waals surface area contributed by atoms with Crippen molar-refractivity contribution in [3.05, 3.63) is 64.6 Å². The van der Waals surface area contributed by atoms with Crippen molar-refractivity contribution < 1.29 is 0 Å². The Labute approximate surface area is 175 Å². The molecule has 4 rings (SSSR count). The third kappa shape index (κ3) is 4.61. The maximum atomic E-state index is 9.19. The molecule has 6 heteroatoms. The summed E-state index contributed by atoms with van der Waals surface area (Å²) in [6.07, 6.45) is 5.99. The molecule has 1 fully saturated rings. The van der Waals surface area contributed by atoms with Gasteiger partial charge < -0.3 is 15.2 Å². The molecule has 1 aromatic heterocycles. The second-order valence-electron chi connectivity index (χ2n) is 7.49. The van der Waals surface area contributed by atoms with Crippen LogP contribution in [0, 0.1) is 11.3 Å². The Balaban J connectivity index is 1.73. The maximum absolute atomic E-state index is 9.19. The molecule has 1 aliphatic rings. The highest BCUT2D eigenvalue weighted by Crippen LogP contribution is 2.21. The standard InChI is InChI=1S/C23H24ClN5/c24-18-4-5-21-22(27-20-13-17(16-25)12-19(26)15-20)6-9-29(23(21)14-18)11-10-28-7-2-1-3-8-28/h4-6,9,12-15H,1-3,7-8,10-11,26H2. The van der Waals surface area contributed by atoms with Gasteiger partial charge in [0.05, 0.1) is 28.2 Å². The molecule has 2 N–H and O–H groups in total. The molecule has 3 aromatic rings. The minimum Gasteiger partial charge on any atom is -0.399 e. The minimum absolute atomic E-state index is 0.503. The summed E-state index contributed by atoms with van der Waals surface area (Å²) in [6.45, 7) is 4.31. The number of likely N-dealkylation sites (tertiary alicyclic amines) is 1. The van der Waals surface area contributed by atoms with Crippen LogP contribution in [-0.2, 0) is 6.54 Å². The van der Waals surface area contributed by atoms with E-state index in [9.17, 15) is 5.26 Å². The van der Waals surface area contributed by atoms with E-state index in [1.54, 1.807) is 18.2 Å². The minimum atomic E-state index is 0.503. The first-order chi connectivity index (χ1) is 14.1. The van der Waals surface area contributed by atoms with E-state index in [0.717, 1.165) is 29.3 Å². The zero-order valence-electron chi connectivity index (χ0n) is 16.3. The molecule has 2 heterocycles. The topological polar surface area (TPSA) is 70.3 Å². The first kappa shape index (κ1) is 19.5. The van der Waals surface area contributed by atoms with Crippen LogP contribution in [0.25, 0.3) is 10.9 Å². The lowest BCUT2D eigenvalue weighted by molar-refractivity contribution is 0.221. The third-order valence-corrected chi connectivity index (χ3v) is 5.62. The van der Waals surface area contributed by atoms with Crippen LogP contribution in [0.2, 0.25) is 5.02 Å². The SMILES string of the molecule is N#Cc1cc(N)cc(N=c2ccn(CCN3CCCCC3)c3cc(Cl)ccc23)c1. The van der Waals surface area contributed by atoms with Crippen molar-refractivity contribution in [3.63, 3.8) is 0 Å². The number of piperidine rings is 1. The molecule has 2 aromatic carbocycles. The predicted molar refractivity (Wildman–Crippen MR) is 118 cm³/mol. The molecule has 148 valence electrons. The lowest BCUT2D eigenvalue weighted by Crippen LogP contribution is -2.32. The summed E-state index contributed by atoms with van der Waals surface area (Å²) in [4.78, 5) is 7.29. The summed E-state index contributed by atoms with van der Waals surface area (Å²) in [7, 11) is 0. The summed E-state index contributed by atoms with van der Waals surface area (Å²) >= 11 is 6.31. The lowest BCUT2D eigenvalue weighted by atomic mass is 10.1. The van der Waals surface area contributed by atoms with E-state index in [1.165, 1.54) is 32.4 Å². The molecule has 0 radical (unpaired) electrons. The number of rotatable bonds is 4. The van der Waals surface area contributed by atoms with Gasteiger partial charge in [-0.15, -0.1) is 0 Å². The van der Waals surface area contributed by atoms with Gasteiger partial charge in [0.1, 0.15) is 0 Å². The highest BCUT2D eigenvalue weighted by Gasteiger charge is 2.10. The van der Waals surface area contributed by atoms with Gasteiger partial charge in [0, 0.05) is 35.4 Å². The van der Waals surface area contributed by atoms with Gasteiger partial charge in [-0.05, 0) is 68.4 Å². The molecule has 0 bridgehead atoms. The monoisotopic (exact) mass is 405 g/mol. The van der Waals surface area contributed by atoms with Crippen LogP contribution in [0.5, 0.6) is 0 Å². The van der Waals surface area contributed by atoms with Crippen molar-refractivity contribution in [2.75, 3.05) is 25.4 Å². The second-order valence-corrected chi connectivity index (χ2v) is 7.93. The Morgan fingerprint density at radius 2 is 1.86 bits per heavy atom. The summed E-state index contributed by atoms with van der Waals surface area (Å²) in [5.41, 5.74) is 8.68. The highest BCUT2D eigenvalue weighted by molar-refractivity contribution is 6.31. The molecule has 0 spiro atoms. The number of nitrogen functional groups attached to an aromatic ring is 1. The van der Waals surface area contributed by atoms with Crippen LogP contribution in [0.3, 0.4) is 0 Å². The smallest absolute Gasteiger partial charge is 0.0993 e. The van der Waals surface area contributed by atoms with Crippen molar-refractivity contribution in [3.8, 4) is 6.07 Å². The van der Waals surface area contributed by atoms with Crippen molar-refractivity contribution in [1.82, 2.24) is 9.47 Å². The molecule has 0 amide bonds. The predicted octanol–water partition coefficient (Wildman–Crippen LogP) is 4.47. The highest BCUT2D eigenvalue weighted by atomic mass is 35.5. The van der Waals surface area contributed by atoms with E-state index in [-0.39, 0.29) is 0 Å². The average molecular weight is 406 g/mol. The van der Waals surface area contributed by atoms with E-state index in [1.807, 2.05) is 24.3 Å². The lowest BCUT2D eigenvalue weighted by Gasteiger charge is -2.27. The van der Waals surface area contributed by atoms with Gasteiger partial charge in [0.25, 0.3) is 0 Å². The quantitative estimate of drug-likeness (QED) is 0.651. The number of pyridine rings is 1. The Hall–Kier alpha value is -2.81. The largest absolute Gasteiger partial charge is 0.399 e. The third-order valence-electron chi connectivity index (χ3n) is 5.38. The number of fused-ring (bicyclic) bond motifs is 1. The van der Waals surface area contributed by atoms with E-state index >= 15 is 0 Å². The zero-order valence-corrected chi connectivity index (χ0v) is 17.1. The normalized spacial score (nSPS) is 15.5. The Morgan fingerprint density at radius 3 is 2.66 bits per heavy atom. The zero-order chi connectivity index (χ0) is 20.2. The molecule has 29 heavy (non-hydrogen) atoms. The number of anilines is 1. The molecule has 0 saturated carbocycles. The van der Waals surface area contributed by atoms with Crippen LogP contribution >= 0.6 is 11.6 Å². The number of nitriles is 1. The fourth-order valence-electron chi connectivity index (χ4n) is 3.92. The molecule has 1 aliphatic heterocycles. The fourth-order valence-corrected chi connectivity index (χ4v) is 4.08. The number of aromatic nitrogens is 1. The molecule has 0 unspecified atom stereocenters. The van der Waals surface area contributed by atoms with Crippen LogP contribution < -0.4 is 11.1 Å². The van der Waals surface area contributed by atoms with Crippen LogP contribution in [-0.4, -0.2) is 29.1 Å². The molecular formula is C23H24ClN5. The van der Waals surface area contributed by atoms with Gasteiger partial charge in [-0.25, -0.2) is 4.99 Å². The molecule has 1 saturated heterocycles. The van der Waals surface area contributed by atoms with E-state index < -0.39 is 0 Å². The molecule has 5 nitrogen and oxygen atoms in total. The number of nitrogens with two attached hydrogens (primary N) is 1. The second kappa shape index (κ2) is 8.69. The molecule has 0 aliphatic carbocycles. The Kier molecular flexibility index (Phi) is 5.84. The number of hydrogen-bond acceptors (Lipinski definition) is 4. The van der Waals surface area contributed by atoms with E-state index in [2.05, 4.69) is 21.7 Å². The summed E-state index contributed by atoms with van der Waals surface area (Å²) in [6, 6.07) is 15.2.